The van der Waals surface area contributed by atoms with Crippen molar-refractivity contribution in [2.45, 2.75) is 218 Å². The lowest BCUT2D eigenvalue weighted by atomic mass is 9.70. The third-order valence-electron chi connectivity index (χ3n) is 28.1. The van der Waals surface area contributed by atoms with Gasteiger partial charge in [0.15, 0.2) is 0 Å². The van der Waals surface area contributed by atoms with Crippen molar-refractivity contribution >= 4 is 152 Å². The summed E-state index contributed by atoms with van der Waals surface area (Å²) in [6.45, 7) is 9.41. The number of hydrogen-bond acceptors (Lipinski definition) is 2. The third kappa shape index (κ3) is 10.4. The van der Waals surface area contributed by atoms with Crippen LogP contribution < -0.4 is 0 Å². The molecule has 0 radical (unpaired) electrons. The van der Waals surface area contributed by atoms with Gasteiger partial charge in [0, 0.05) is 20.6 Å². The molecule has 0 atom stereocenters. The van der Waals surface area contributed by atoms with Gasteiger partial charge in [-0.05, 0) is 304 Å². The van der Waals surface area contributed by atoms with E-state index < -0.39 is 0 Å². The zero-order valence-electron chi connectivity index (χ0n) is 65.2. The second-order valence-corrected chi connectivity index (χ2v) is 36.2. The lowest BCUT2D eigenvalue weighted by Gasteiger charge is -2.33. The summed E-state index contributed by atoms with van der Waals surface area (Å²) in [7, 11) is 0. The molecular weight excluding hydrogens is 1360 g/mol. The summed E-state index contributed by atoms with van der Waals surface area (Å²) in [5.74, 6) is 0. The van der Waals surface area contributed by atoms with Crippen LogP contribution in [0.15, 0.2) is 205 Å². The van der Waals surface area contributed by atoms with E-state index in [4.69, 9.17) is 0 Å². The first-order valence-electron chi connectivity index (χ1n) is 43.3. The van der Waals surface area contributed by atoms with E-state index in [2.05, 4.69) is 233 Å². The van der Waals surface area contributed by atoms with Gasteiger partial charge in [-0.2, -0.15) is 0 Å². The van der Waals surface area contributed by atoms with Crippen LogP contribution in [0.3, 0.4) is 0 Å². The van der Waals surface area contributed by atoms with Crippen LogP contribution >= 0.6 is 22.7 Å². The van der Waals surface area contributed by atoms with Crippen LogP contribution in [-0.4, -0.2) is 0 Å². The number of benzene rings is 17. The third-order valence-corrected chi connectivity index (χ3v) is 29.9. The minimum Gasteiger partial charge on any atom is -0.144 e. The average molecular weight is 1460 g/mol. The fourth-order valence-corrected chi connectivity index (χ4v) is 24.5. The van der Waals surface area contributed by atoms with Crippen molar-refractivity contribution < 1.29 is 0 Å². The van der Waals surface area contributed by atoms with Crippen LogP contribution in [0.5, 0.6) is 0 Å². The normalized spacial score (nSPS) is 14.1. The summed E-state index contributed by atoms with van der Waals surface area (Å²) in [6.07, 6.45) is 36.1. The van der Waals surface area contributed by atoms with Crippen molar-refractivity contribution in [3.8, 4) is 65.4 Å². The maximum atomic E-state index is 2.73. The van der Waals surface area contributed by atoms with E-state index in [0.29, 0.717) is 0 Å². The zero-order chi connectivity index (χ0) is 73.3. The summed E-state index contributed by atoms with van der Waals surface area (Å²) in [6, 6.07) is 80.2. The number of unbranched alkanes of at least 4 members (excludes halogenated alkanes) is 20. The van der Waals surface area contributed by atoms with Crippen molar-refractivity contribution in [3.05, 3.63) is 227 Å². The fraction of sp³-hybridized carbons (Fsp3) is 0.315. The minimum atomic E-state index is -0.0629. The van der Waals surface area contributed by atoms with Gasteiger partial charge in [0.25, 0.3) is 0 Å². The van der Waals surface area contributed by atoms with Gasteiger partial charge in [0.05, 0.1) is 0 Å². The molecule has 0 bridgehead atoms. The van der Waals surface area contributed by atoms with Crippen molar-refractivity contribution in [2.75, 3.05) is 0 Å². The van der Waals surface area contributed by atoms with E-state index in [9.17, 15) is 0 Å². The van der Waals surface area contributed by atoms with Gasteiger partial charge >= 0.3 is 0 Å². The van der Waals surface area contributed by atoms with Crippen LogP contribution in [0.1, 0.15) is 230 Å². The van der Waals surface area contributed by atoms with Crippen molar-refractivity contribution in [1.82, 2.24) is 0 Å². The molecule has 2 aromatic heterocycles. The molecule has 21 rings (SSSR count). The summed E-state index contributed by atoms with van der Waals surface area (Å²) >= 11 is 3.76. The highest BCUT2D eigenvalue weighted by molar-refractivity contribution is 7.13. The van der Waals surface area contributed by atoms with Crippen LogP contribution in [0, 0.1) is 0 Å². The van der Waals surface area contributed by atoms with Crippen LogP contribution in [0.25, 0.3) is 195 Å². The molecule has 0 spiro atoms. The van der Waals surface area contributed by atoms with Gasteiger partial charge in [-0.1, -0.05) is 315 Å². The second-order valence-electron chi connectivity index (χ2n) is 34.3. The highest BCUT2D eigenvalue weighted by Gasteiger charge is 2.45. The van der Waals surface area contributed by atoms with E-state index in [-0.39, 0.29) is 10.8 Å². The average Bonchev–Trinajstić information content (AvgIpc) is 0.862. The van der Waals surface area contributed by atoms with Crippen LogP contribution in [0.2, 0.25) is 0 Å². The lowest BCUT2D eigenvalue weighted by molar-refractivity contribution is 0.398. The second kappa shape index (κ2) is 27.9. The maximum absolute atomic E-state index is 2.73. The molecule has 0 saturated heterocycles. The summed E-state index contributed by atoms with van der Waals surface area (Å²) in [4.78, 5) is 2.75. The Morgan fingerprint density at radius 3 is 0.700 bits per heavy atom. The Morgan fingerprint density at radius 2 is 0.436 bits per heavy atom. The fourth-order valence-electron chi connectivity index (χ4n) is 23.0. The Bertz CT molecular complexity index is 5950. The van der Waals surface area contributed by atoms with Gasteiger partial charge in [0.2, 0.25) is 0 Å². The Balaban J connectivity index is 0.780. The lowest BCUT2D eigenvalue weighted by Crippen LogP contribution is -2.25. The van der Waals surface area contributed by atoms with Gasteiger partial charge in [-0.3, -0.25) is 0 Å². The first kappa shape index (κ1) is 68.8. The molecule has 0 unspecified atom stereocenters. The molecule has 0 nitrogen and oxygen atoms in total. The topological polar surface area (TPSA) is 0 Å². The van der Waals surface area contributed by atoms with E-state index >= 15 is 0 Å². The summed E-state index contributed by atoms with van der Waals surface area (Å²) in [5, 5.41) is 38.4. The first-order valence-corrected chi connectivity index (χ1v) is 45.0. The molecule has 2 aliphatic rings. The standard InChI is InChI=1S/C108H102S2/c1-5-9-13-17-21-25-53-107(54-26-22-18-14-10-6-2)89-63-67(45-49-73(89)75-51-47-69(65-91(75)107)93-43-33-57-109-93)71-59-85-81-39-29-35-77-79-37-31-41-83-87-61-72(68-46-50-74-76-52-48-70(94-44-34-58-110-94)66-92(76)108(90(74)64-68,55-27-23-19-15-11-7-3)56-28-24-20-16-12-8-4)62-88-84-42-32-38-80-78-36-30-40-82-86(60-71)99(85)105-101(95(77)81)103(97(79)83)106(100(87)88)104(98(80)84)102(105)96(78)82/h29-52,57-66H,5-28,53-56H2,1-4H3. The van der Waals surface area contributed by atoms with E-state index in [1.165, 1.54) is 374 Å². The quantitative estimate of drug-likeness (QED) is 0.0224. The number of rotatable bonds is 32. The molecule has 546 valence electrons. The Hall–Kier alpha value is -9.18. The smallest absolute Gasteiger partial charge is 0.0342 e. The predicted molar refractivity (Wildman–Crippen MR) is 486 cm³/mol. The SMILES string of the molecule is CCCCCCCCC1(CCCCCCCC)c2cc(-c3cc4c5cccc6c7cccc8c9cc(-c%10ccc%11c(c%10)C(CCCCCCCC)(CCCCCCCC)c%10cc(-c%12cccs%12)ccc%10-%11)cc%10c%11cccc%12c%13cccc%14c(c3)c4c3c(c65)c(c78)c(c9%10)c(c%12%11)c3c%13%14)ccc2-c2ccc(-c3cccs3)cc21. The molecule has 17 aromatic carbocycles. The molecule has 2 aliphatic carbocycles. The van der Waals surface area contributed by atoms with E-state index in [0.717, 1.165) is 0 Å². The Kier molecular flexibility index (Phi) is 17.5. The van der Waals surface area contributed by atoms with Crippen molar-refractivity contribution in [1.29, 1.82) is 0 Å². The number of fused-ring (bicyclic) bond motifs is 12. The molecule has 19 aromatic rings. The molecule has 0 fully saturated rings. The zero-order valence-corrected chi connectivity index (χ0v) is 66.9. The molecule has 0 saturated carbocycles. The maximum Gasteiger partial charge on any atom is 0.0342 e. The Labute approximate surface area is 658 Å². The largest absolute Gasteiger partial charge is 0.144 e. The molecule has 2 heterocycles. The summed E-state index contributed by atoms with van der Waals surface area (Å²) in [5.41, 5.74) is 20.1. The predicted octanol–water partition coefficient (Wildman–Crippen LogP) is 34.5. The summed E-state index contributed by atoms with van der Waals surface area (Å²) < 4.78 is 0. The van der Waals surface area contributed by atoms with Gasteiger partial charge in [0.1, 0.15) is 0 Å². The highest BCUT2D eigenvalue weighted by atomic mass is 32.1. The Morgan fingerprint density at radius 1 is 0.200 bits per heavy atom. The van der Waals surface area contributed by atoms with Crippen LogP contribution in [0.4, 0.5) is 0 Å². The minimum absolute atomic E-state index is 0.0629. The molecule has 110 heavy (non-hydrogen) atoms. The van der Waals surface area contributed by atoms with Gasteiger partial charge in [-0.15, -0.1) is 22.7 Å². The monoisotopic (exact) mass is 1460 g/mol. The van der Waals surface area contributed by atoms with E-state index in [1.807, 2.05) is 22.7 Å². The van der Waals surface area contributed by atoms with Crippen LogP contribution in [-0.2, 0) is 10.8 Å². The first-order chi connectivity index (χ1) is 54.4. The highest BCUT2D eigenvalue weighted by Crippen LogP contribution is 2.63. The molecule has 2 heteroatoms. The molecular formula is C108H102S2. The number of thiophene rings is 2. The molecule has 0 aliphatic heterocycles. The van der Waals surface area contributed by atoms with Gasteiger partial charge in [-0.25, -0.2) is 0 Å². The number of hydrogen-bond donors (Lipinski definition) is 0. The van der Waals surface area contributed by atoms with Gasteiger partial charge < -0.3 is 0 Å². The van der Waals surface area contributed by atoms with E-state index in [1.54, 1.807) is 22.3 Å². The molecule has 0 N–H and O–H groups in total. The van der Waals surface area contributed by atoms with Crippen molar-refractivity contribution in [2.24, 2.45) is 0 Å². The molecule has 0 amide bonds. The van der Waals surface area contributed by atoms with Crippen molar-refractivity contribution in [3.63, 3.8) is 0 Å².